The summed E-state index contributed by atoms with van der Waals surface area (Å²) in [6.45, 7) is 1.23. The zero-order chi connectivity index (χ0) is 17.4. The molecule has 2 aromatic rings. The Hall–Kier alpha value is -2.01. The molecule has 0 amide bonds. The van der Waals surface area contributed by atoms with Gasteiger partial charge in [-0.25, -0.2) is 4.79 Å². The fourth-order valence-electron chi connectivity index (χ4n) is 2.68. The zero-order valence-corrected chi connectivity index (χ0v) is 13.3. The molecule has 0 aliphatic carbocycles. The summed E-state index contributed by atoms with van der Waals surface area (Å²) in [4.78, 5) is 11.5. The number of rotatable bonds is 3. The molecule has 1 aromatic carbocycles. The first-order valence-corrected chi connectivity index (χ1v) is 7.42. The molecule has 2 heterocycles. The van der Waals surface area contributed by atoms with Crippen molar-refractivity contribution in [1.82, 2.24) is 0 Å². The van der Waals surface area contributed by atoms with E-state index in [0.29, 0.717) is 5.58 Å². The van der Waals surface area contributed by atoms with Crippen molar-refractivity contribution in [1.29, 1.82) is 0 Å². The molecule has 1 saturated heterocycles. The lowest BCUT2D eigenvalue weighted by atomic mass is 9.99. The molecule has 138 valence electrons. The Morgan fingerprint density at radius 1 is 1.12 bits per heavy atom. The summed E-state index contributed by atoms with van der Waals surface area (Å²) in [5.41, 5.74) is 0.563. The molecule has 1 aliphatic heterocycles. The topological polar surface area (TPSA) is 161 Å². The first-order chi connectivity index (χ1) is 11.4. The Morgan fingerprint density at radius 3 is 2.52 bits per heavy atom. The van der Waals surface area contributed by atoms with Gasteiger partial charge in [0.2, 0.25) is 6.29 Å². The van der Waals surface area contributed by atoms with Crippen LogP contribution in [0.1, 0.15) is 5.56 Å². The SMILES string of the molecule is Cc1cc(=O)oc2cc(O[C@H]3O[C@H](CO)[C@@H](O)[C@H](O)[C@H]3O)ccc12.O. The Labute approximate surface area is 142 Å². The zero-order valence-electron chi connectivity index (χ0n) is 13.3. The van der Waals surface area contributed by atoms with Gasteiger partial charge < -0.3 is 39.8 Å². The molecule has 5 atom stereocenters. The third-order valence-electron chi connectivity index (χ3n) is 4.02. The smallest absolute Gasteiger partial charge is 0.336 e. The largest absolute Gasteiger partial charge is 0.462 e. The van der Waals surface area contributed by atoms with Crippen molar-refractivity contribution in [3.05, 3.63) is 40.2 Å². The van der Waals surface area contributed by atoms with Crippen molar-refractivity contribution in [2.45, 2.75) is 37.6 Å². The van der Waals surface area contributed by atoms with E-state index in [2.05, 4.69) is 0 Å². The van der Waals surface area contributed by atoms with E-state index in [0.717, 1.165) is 10.9 Å². The van der Waals surface area contributed by atoms with Crippen molar-refractivity contribution >= 4 is 11.0 Å². The van der Waals surface area contributed by atoms with Gasteiger partial charge in [-0.15, -0.1) is 0 Å². The molecular formula is C16H20O9. The second-order valence-corrected chi connectivity index (χ2v) is 5.72. The molecule has 3 rings (SSSR count). The fourth-order valence-corrected chi connectivity index (χ4v) is 2.68. The summed E-state index contributed by atoms with van der Waals surface area (Å²) in [5, 5.41) is 39.4. The van der Waals surface area contributed by atoms with Crippen LogP contribution in [0, 0.1) is 6.92 Å². The molecule has 25 heavy (non-hydrogen) atoms. The van der Waals surface area contributed by atoms with Crippen LogP contribution in [0.3, 0.4) is 0 Å². The highest BCUT2D eigenvalue weighted by molar-refractivity contribution is 5.81. The van der Waals surface area contributed by atoms with E-state index >= 15 is 0 Å². The second-order valence-electron chi connectivity index (χ2n) is 5.72. The molecule has 0 unspecified atom stereocenters. The summed E-state index contributed by atoms with van der Waals surface area (Å²) in [6, 6.07) is 6.12. The maximum absolute atomic E-state index is 11.5. The summed E-state index contributed by atoms with van der Waals surface area (Å²) in [5.74, 6) is 0.237. The number of hydrogen-bond acceptors (Lipinski definition) is 8. The highest BCUT2D eigenvalue weighted by atomic mass is 16.7. The van der Waals surface area contributed by atoms with Crippen molar-refractivity contribution in [2.75, 3.05) is 6.61 Å². The lowest BCUT2D eigenvalue weighted by Crippen LogP contribution is -2.60. The normalized spacial score (nSPS) is 29.2. The summed E-state index contributed by atoms with van der Waals surface area (Å²) >= 11 is 0. The Morgan fingerprint density at radius 2 is 1.84 bits per heavy atom. The molecule has 0 radical (unpaired) electrons. The van der Waals surface area contributed by atoms with Crippen molar-refractivity contribution < 1.29 is 39.8 Å². The molecule has 9 heteroatoms. The highest BCUT2D eigenvalue weighted by Crippen LogP contribution is 2.27. The Bertz CT molecular complexity index is 785. The molecule has 1 fully saturated rings. The number of benzene rings is 1. The van der Waals surface area contributed by atoms with Crippen LogP contribution < -0.4 is 10.4 Å². The van der Waals surface area contributed by atoms with Crippen LogP contribution in [-0.2, 0) is 4.74 Å². The highest BCUT2D eigenvalue weighted by Gasteiger charge is 2.44. The average molecular weight is 356 g/mol. The first-order valence-electron chi connectivity index (χ1n) is 7.42. The standard InChI is InChI=1S/C16H18O8.H2O/c1-7-4-12(18)23-10-5-8(2-3-9(7)10)22-16-15(21)14(20)13(19)11(6-17)24-16;/h2-5,11,13-17,19-21H,6H2,1H3;1H2/t11-,13-,14+,15-,16+;/m1./s1. The van der Waals surface area contributed by atoms with Gasteiger partial charge in [0.05, 0.1) is 6.61 Å². The second kappa shape index (κ2) is 7.48. The number of aryl methyl sites for hydroxylation is 1. The quantitative estimate of drug-likeness (QED) is 0.481. The first kappa shape index (κ1) is 19.3. The molecular weight excluding hydrogens is 336 g/mol. The number of fused-ring (bicyclic) bond motifs is 1. The molecule has 0 saturated carbocycles. The number of hydrogen-bond donors (Lipinski definition) is 4. The monoisotopic (exact) mass is 356 g/mol. The third-order valence-corrected chi connectivity index (χ3v) is 4.02. The third kappa shape index (κ3) is 3.66. The van der Waals surface area contributed by atoms with E-state index in [9.17, 15) is 20.1 Å². The molecule has 9 nitrogen and oxygen atoms in total. The molecule has 0 spiro atoms. The lowest BCUT2D eigenvalue weighted by molar-refractivity contribution is -0.277. The maximum atomic E-state index is 11.5. The minimum absolute atomic E-state index is 0. The van der Waals surface area contributed by atoms with E-state index < -0.39 is 42.9 Å². The van der Waals surface area contributed by atoms with E-state index in [4.69, 9.17) is 19.0 Å². The van der Waals surface area contributed by atoms with Gasteiger partial charge in [-0.3, -0.25) is 0 Å². The molecule has 1 aromatic heterocycles. The molecule has 6 N–H and O–H groups in total. The molecule has 0 bridgehead atoms. The van der Waals surface area contributed by atoms with Gasteiger partial charge in [-0.05, 0) is 24.6 Å². The van der Waals surface area contributed by atoms with Crippen LogP contribution in [0.5, 0.6) is 5.75 Å². The van der Waals surface area contributed by atoms with Crippen molar-refractivity contribution in [2.24, 2.45) is 0 Å². The minimum Gasteiger partial charge on any atom is -0.462 e. The number of aliphatic hydroxyl groups is 4. The van der Waals surface area contributed by atoms with Gasteiger partial charge in [-0.1, -0.05) is 0 Å². The van der Waals surface area contributed by atoms with Gasteiger partial charge in [0, 0.05) is 17.5 Å². The Balaban J connectivity index is 0.00000225. The van der Waals surface area contributed by atoms with E-state index in [1.807, 2.05) is 0 Å². The number of aliphatic hydroxyl groups excluding tert-OH is 4. The fraction of sp³-hybridized carbons (Fsp3) is 0.438. The van der Waals surface area contributed by atoms with Gasteiger partial charge in [-0.2, -0.15) is 0 Å². The van der Waals surface area contributed by atoms with Crippen LogP contribution >= 0.6 is 0 Å². The minimum atomic E-state index is -1.53. The molecule has 1 aliphatic rings. The van der Waals surface area contributed by atoms with E-state index in [-0.39, 0.29) is 11.2 Å². The van der Waals surface area contributed by atoms with Gasteiger partial charge in [0.25, 0.3) is 0 Å². The predicted octanol–water partition coefficient (Wildman–Crippen LogP) is -1.54. The van der Waals surface area contributed by atoms with Crippen LogP contribution in [0.25, 0.3) is 11.0 Å². The van der Waals surface area contributed by atoms with Gasteiger partial charge in [0.15, 0.2) is 0 Å². The average Bonchev–Trinajstić information content (AvgIpc) is 2.55. The number of ether oxygens (including phenoxy) is 2. The lowest BCUT2D eigenvalue weighted by Gasteiger charge is -2.39. The maximum Gasteiger partial charge on any atom is 0.336 e. The van der Waals surface area contributed by atoms with E-state index in [1.54, 1.807) is 19.1 Å². The van der Waals surface area contributed by atoms with Crippen molar-refractivity contribution in [3.8, 4) is 5.75 Å². The van der Waals surface area contributed by atoms with Crippen LogP contribution in [0.2, 0.25) is 0 Å². The van der Waals surface area contributed by atoms with E-state index in [1.165, 1.54) is 12.1 Å². The van der Waals surface area contributed by atoms with Crippen LogP contribution in [0.4, 0.5) is 0 Å². The summed E-state index contributed by atoms with van der Waals surface area (Å²) < 4.78 is 15.9. The van der Waals surface area contributed by atoms with Crippen molar-refractivity contribution in [3.63, 3.8) is 0 Å². The Kier molecular flexibility index (Phi) is 5.78. The van der Waals surface area contributed by atoms with Crippen LogP contribution in [-0.4, -0.2) is 63.2 Å². The van der Waals surface area contributed by atoms with Gasteiger partial charge >= 0.3 is 5.63 Å². The van der Waals surface area contributed by atoms with Crippen LogP contribution in [0.15, 0.2) is 33.5 Å². The summed E-state index contributed by atoms with van der Waals surface area (Å²) in [7, 11) is 0. The van der Waals surface area contributed by atoms with Gasteiger partial charge in [0.1, 0.15) is 35.7 Å². The predicted molar refractivity (Wildman–Crippen MR) is 85.2 cm³/mol. The summed E-state index contributed by atoms with van der Waals surface area (Å²) in [6.07, 6.45) is -6.85.